The Kier molecular flexibility index (Phi) is 7.24. The zero-order chi connectivity index (χ0) is 14.1. The minimum atomic E-state index is 0.166. The molecule has 1 rings (SSSR count). The van der Waals surface area contributed by atoms with Gasteiger partial charge in [-0.15, -0.1) is 0 Å². The number of carbonyl (C=O) groups is 1. The van der Waals surface area contributed by atoms with Crippen molar-refractivity contribution in [1.82, 2.24) is 5.32 Å². The highest BCUT2D eigenvalue weighted by Crippen LogP contribution is 2.20. The summed E-state index contributed by atoms with van der Waals surface area (Å²) in [5, 5.41) is 3.18. The molecule has 0 aliphatic rings. The molecule has 1 aromatic rings. The SMILES string of the molecule is CCCCCC(NC(=O)CC(C)C)c1ccccc1. The van der Waals surface area contributed by atoms with E-state index in [0.29, 0.717) is 12.3 Å². The molecule has 0 saturated carbocycles. The predicted octanol–water partition coefficient (Wildman–Crippen LogP) is 4.47. The normalized spacial score (nSPS) is 12.4. The van der Waals surface area contributed by atoms with Crippen molar-refractivity contribution in [2.24, 2.45) is 5.92 Å². The molecule has 2 heteroatoms. The third-order valence-corrected chi connectivity index (χ3v) is 3.23. The van der Waals surface area contributed by atoms with Gasteiger partial charge in [-0.2, -0.15) is 0 Å². The van der Waals surface area contributed by atoms with Gasteiger partial charge in [0.05, 0.1) is 6.04 Å². The summed E-state index contributed by atoms with van der Waals surface area (Å²) >= 11 is 0. The molecule has 0 radical (unpaired) electrons. The average molecular weight is 261 g/mol. The van der Waals surface area contributed by atoms with E-state index in [9.17, 15) is 4.79 Å². The first kappa shape index (κ1) is 15.7. The van der Waals surface area contributed by atoms with E-state index in [1.807, 2.05) is 18.2 Å². The lowest BCUT2D eigenvalue weighted by Gasteiger charge is -2.20. The molecule has 19 heavy (non-hydrogen) atoms. The number of hydrogen-bond donors (Lipinski definition) is 1. The fourth-order valence-electron chi connectivity index (χ4n) is 2.23. The Balaban J connectivity index is 2.61. The number of amides is 1. The highest BCUT2D eigenvalue weighted by Gasteiger charge is 2.14. The molecule has 2 nitrogen and oxygen atoms in total. The molecule has 0 aliphatic carbocycles. The first-order chi connectivity index (χ1) is 9.13. The van der Waals surface area contributed by atoms with Gasteiger partial charge in [-0.3, -0.25) is 4.79 Å². The molecule has 0 bridgehead atoms. The minimum Gasteiger partial charge on any atom is -0.349 e. The maximum Gasteiger partial charge on any atom is 0.220 e. The number of rotatable bonds is 8. The van der Waals surface area contributed by atoms with E-state index in [1.165, 1.54) is 18.4 Å². The van der Waals surface area contributed by atoms with Crippen molar-refractivity contribution in [2.75, 3.05) is 0 Å². The quantitative estimate of drug-likeness (QED) is 0.687. The zero-order valence-corrected chi connectivity index (χ0v) is 12.5. The first-order valence-corrected chi connectivity index (χ1v) is 7.47. The van der Waals surface area contributed by atoms with Crippen LogP contribution in [0.4, 0.5) is 0 Å². The summed E-state index contributed by atoms with van der Waals surface area (Å²) in [7, 11) is 0. The topological polar surface area (TPSA) is 29.1 Å². The van der Waals surface area contributed by atoms with E-state index >= 15 is 0 Å². The monoisotopic (exact) mass is 261 g/mol. The van der Waals surface area contributed by atoms with Crippen molar-refractivity contribution >= 4 is 5.91 Å². The van der Waals surface area contributed by atoms with Crippen molar-refractivity contribution < 1.29 is 4.79 Å². The van der Waals surface area contributed by atoms with Crippen LogP contribution in [0.1, 0.15) is 64.5 Å². The lowest BCUT2D eigenvalue weighted by molar-refractivity contribution is -0.122. The Morgan fingerprint density at radius 2 is 1.84 bits per heavy atom. The van der Waals surface area contributed by atoms with Gasteiger partial charge >= 0.3 is 0 Å². The lowest BCUT2D eigenvalue weighted by Crippen LogP contribution is -2.29. The average Bonchev–Trinajstić information content (AvgIpc) is 2.38. The van der Waals surface area contributed by atoms with Crippen molar-refractivity contribution in [1.29, 1.82) is 0 Å². The van der Waals surface area contributed by atoms with Crippen LogP contribution in [0, 0.1) is 5.92 Å². The maximum atomic E-state index is 12.0. The summed E-state index contributed by atoms with van der Waals surface area (Å²) < 4.78 is 0. The summed E-state index contributed by atoms with van der Waals surface area (Å²) in [4.78, 5) is 12.0. The van der Waals surface area contributed by atoms with Gasteiger partial charge in [0.15, 0.2) is 0 Å². The Morgan fingerprint density at radius 1 is 1.16 bits per heavy atom. The van der Waals surface area contributed by atoms with E-state index < -0.39 is 0 Å². The number of nitrogens with one attached hydrogen (secondary N) is 1. The van der Waals surface area contributed by atoms with Gasteiger partial charge in [-0.05, 0) is 17.9 Å². The minimum absolute atomic E-state index is 0.166. The summed E-state index contributed by atoms with van der Waals surface area (Å²) in [5.74, 6) is 0.576. The highest BCUT2D eigenvalue weighted by atomic mass is 16.1. The molecule has 0 fully saturated rings. The Labute approximate surface area is 117 Å². The third-order valence-electron chi connectivity index (χ3n) is 3.23. The second-order valence-electron chi connectivity index (χ2n) is 5.62. The van der Waals surface area contributed by atoms with Crippen molar-refractivity contribution in [2.45, 2.75) is 58.9 Å². The largest absolute Gasteiger partial charge is 0.349 e. The van der Waals surface area contributed by atoms with E-state index in [-0.39, 0.29) is 11.9 Å². The molecule has 0 spiro atoms. The number of hydrogen-bond acceptors (Lipinski definition) is 1. The molecular weight excluding hydrogens is 234 g/mol. The van der Waals surface area contributed by atoms with E-state index in [0.717, 1.165) is 12.8 Å². The second kappa shape index (κ2) is 8.73. The van der Waals surface area contributed by atoms with Gasteiger partial charge in [-0.25, -0.2) is 0 Å². The highest BCUT2D eigenvalue weighted by molar-refractivity contribution is 5.76. The van der Waals surface area contributed by atoms with Crippen LogP contribution in [0.3, 0.4) is 0 Å². The Morgan fingerprint density at radius 3 is 2.42 bits per heavy atom. The van der Waals surface area contributed by atoms with Crippen LogP contribution in [0.15, 0.2) is 30.3 Å². The Bertz CT molecular complexity index is 359. The zero-order valence-electron chi connectivity index (χ0n) is 12.5. The van der Waals surface area contributed by atoms with Gasteiger partial charge < -0.3 is 5.32 Å². The van der Waals surface area contributed by atoms with E-state index in [2.05, 4.69) is 38.2 Å². The number of benzene rings is 1. The molecule has 1 atom stereocenters. The number of unbranched alkanes of at least 4 members (excludes halogenated alkanes) is 2. The molecule has 1 N–H and O–H groups in total. The molecule has 1 unspecified atom stereocenters. The van der Waals surface area contributed by atoms with Crippen molar-refractivity contribution in [3.05, 3.63) is 35.9 Å². The van der Waals surface area contributed by atoms with Crippen molar-refractivity contribution in [3.8, 4) is 0 Å². The number of carbonyl (C=O) groups excluding carboxylic acids is 1. The molecule has 1 aromatic carbocycles. The predicted molar refractivity (Wildman–Crippen MR) is 80.9 cm³/mol. The summed E-state index contributed by atoms with van der Waals surface area (Å²) in [6.45, 7) is 6.36. The van der Waals surface area contributed by atoms with Crippen LogP contribution in [-0.4, -0.2) is 5.91 Å². The lowest BCUT2D eigenvalue weighted by atomic mass is 9.99. The summed E-state index contributed by atoms with van der Waals surface area (Å²) in [5.41, 5.74) is 1.22. The van der Waals surface area contributed by atoms with Gasteiger partial charge in [0.25, 0.3) is 0 Å². The van der Waals surface area contributed by atoms with Crippen LogP contribution in [-0.2, 0) is 4.79 Å². The molecule has 0 aliphatic heterocycles. The van der Waals surface area contributed by atoms with E-state index in [4.69, 9.17) is 0 Å². The summed E-state index contributed by atoms with van der Waals surface area (Å²) in [6, 6.07) is 10.5. The fourth-order valence-corrected chi connectivity index (χ4v) is 2.23. The maximum absolute atomic E-state index is 12.0. The van der Waals surface area contributed by atoms with Crippen LogP contribution >= 0.6 is 0 Å². The van der Waals surface area contributed by atoms with Crippen LogP contribution in [0.25, 0.3) is 0 Å². The van der Waals surface area contributed by atoms with Crippen LogP contribution in [0.5, 0.6) is 0 Å². The molecule has 0 saturated heterocycles. The molecule has 0 heterocycles. The summed E-state index contributed by atoms with van der Waals surface area (Å²) in [6.07, 6.45) is 5.24. The third kappa shape index (κ3) is 6.42. The van der Waals surface area contributed by atoms with Crippen LogP contribution < -0.4 is 5.32 Å². The Hall–Kier alpha value is -1.31. The molecular formula is C17H27NO. The molecule has 1 amide bonds. The smallest absolute Gasteiger partial charge is 0.220 e. The fraction of sp³-hybridized carbons (Fsp3) is 0.588. The van der Waals surface area contributed by atoms with Gasteiger partial charge in [0.1, 0.15) is 0 Å². The second-order valence-corrected chi connectivity index (χ2v) is 5.62. The standard InChI is InChI=1S/C17H27NO/c1-4-5-7-12-16(15-10-8-6-9-11-15)18-17(19)13-14(2)3/h6,8-11,14,16H,4-5,7,12-13H2,1-3H3,(H,18,19). The van der Waals surface area contributed by atoms with Gasteiger partial charge in [-0.1, -0.05) is 70.4 Å². The molecule has 106 valence electrons. The van der Waals surface area contributed by atoms with E-state index in [1.54, 1.807) is 0 Å². The molecule has 0 aromatic heterocycles. The van der Waals surface area contributed by atoms with Gasteiger partial charge in [0, 0.05) is 6.42 Å². The first-order valence-electron chi connectivity index (χ1n) is 7.47. The van der Waals surface area contributed by atoms with Crippen LogP contribution in [0.2, 0.25) is 0 Å². The van der Waals surface area contributed by atoms with Crippen molar-refractivity contribution in [3.63, 3.8) is 0 Å². The van der Waals surface area contributed by atoms with Gasteiger partial charge in [0.2, 0.25) is 5.91 Å².